The molecular weight excluding hydrogens is 444 g/mol. The molecule has 152 valence electrons. The number of carbonyl (C=O) groups is 3. The molecule has 3 amide bonds. The number of amides is 3. The third kappa shape index (κ3) is 4.68. The zero-order valence-corrected chi connectivity index (χ0v) is 17.6. The van der Waals surface area contributed by atoms with Crippen LogP contribution in [0.5, 0.6) is 5.75 Å². The Labute approximate surface area is 175 Å². The van der Waals surface area contributed by atoms with Gasteiger partial charge in [0, 0.05) is 0 Å². The van der Waals surface area contributed by atoms with Gasteiger partial charge in [-0.2, -0.15) is 0 Å². The minimum atomic E-state index is -0.635. The topological polar surface area (TPSA) is 98.1 Å². The van der Waals surface area contributed by atoms with Crippen molar-refractivity contribution in [3.63, 3.8) is 0 Å². The van der Waals surface area contributed by atoms with E-state index in [1.807, 2.05) is 13.8 Å². The molecule has 0 atom stereocenters. The molecule has 9 heteroatoms. The Morgan fingerprint density at radius 1 is 1.28 bits per heavy atom. The monoisotopic (exact) mass is 462 g/mol. The van der Waals surface area contributed by atoms with Gasteiger partial charge in [-0.05, 0) is 65.7 Å². The third-order valence-electron chi connectivity index (χ3n) is 3.95. The maximum atomic E-state index is 12.6. The van der Waals surface area contributed by atoms with E-state index in [9.17, 15) is 14.4 Å². The van der Waals surface area contributed by atoms with E-state index in [-0.39, 0.29) is 29.9 Å². The first-order chi connectivity index (χ1) is 13.8. The molecule has 29 heavy (non-hydrogen) atoms. The Kier molecular flexibility index (Phi) is 6.07. The number of benzene rings is 1. The number of hydrogen-bond acceptors (Lipinski definition) is 6. The molecule has 1 fully saturated rings. The predicted molar refractivity (Wildman–Crippen MR) is 107 cm³/mol. The Balaban J connectivity index is 1.75. The van der Waals surface area contributed by atoms with Crippen molar-refractivity contribution in [2.24, 2.45) is 0 Å². The van der Waals surface area contributed by atoms with Crippen LogP contribution in [0, 0.1) is 0 Å². The molecule has 1 aromatic carbocycles. The minimum Gasteiger partial charge on any atom is -0.490 e. The molecule has 2 heterocycles. The Hall–Kier alpha value is -3.07. The van der Waals surface area contributed by atoms with Crippen molar-refractivity contribution < 1.29 is 28.3 Å². The normalized spacial score (nSPS) is 15.2. The Bertz CT molecular complexity index is 995. The third-order valence-corrected chi connectivity index (χ3v) is 4.57. The summed E-state index contributed by atoms with van der Waals surface area (Å²) in [6, 6.07) is 7.73. The van der Waals surface area contributed by atoms with Crippen LogP contribution in [0.4, 0.5) is 4.79 Å². The van der Waals surface area contributed by atoms with Crippen LogP contribution in [-0.4, -0.2) is 36.0 Å². The molecule has 8 nitrogen and oxygen atoms in total. The molecule has 0 bridgehead atoms. The lowest BCUT2D eigenvalue weighted by molar-refractivity contribution is -0.123. The van der Waals surface area contributed by atoms with Crippen LogP contribution in [0.25, 0.3) is 6.08 Å². The van der Waals surface area contributed by atoms with Crippen molar-refractivity contribution in [3.8, 4) is 5.75 Å². The van der Waals surface area contributed by atoms with Crippen molar-refractivity contribution >= 4 is 39.9 Å². The fourth-order valence-corrected chi connectivity index (χ4v) is 3.16. The van der Waals surface area contributed by atoms with Gasteiger partial charge in [0.1, 0.15) is 17.2 Å². The quantitative estimate of drug-likeness (QED) is 0.399. The molecule has 1 aliphatic heterocycles. The lowest BCUT2D eigenvalue weighted by atomic mass is 10.2. The molecule has 2 aromatic rings. The van der Waals surface area contributed by atoms with Gasteiger partial charge in [-0.25, -0.2) is 9.59 Å². The molecule has 0 spiro atoms. The summed E-state index contributed by atoms with van der Waals surface area (Å²) in [5.41, 5.74) is 0.851. The van der Waals surface area contributed by atoms with Crippen LogP contribution in [-0.2, 0) is 16.1 Å². The summed E-state index contributed by atoms with van der Waals surface area (Å²) in [6.45, 7) is 3.75. The van der Waals surface area contributed by atoms with E-state index in [0.29, 0.717) is 11.3 Å². The SMILES string of the molecule is COC(=O)c1ccc(CN2C(=O)NC(=Cc3ccc(OC(C)C)c(Br)c3)C2=O)o1. The highest BCUT2D eigenvalue weighted by atomic mass is 79.9. The number of carbonyl (C=O) groups excluding carboxylic acids is 3. The highest BCUT2D eigenvalue weighted by Gasteiger charge is 2.34. The molecular formula is C20H19BrN2O6. The largest absolute Gasteiger partial charge is 0.490 e. The standard InChI is InChI=1S/C20H19BrN2O6/c1-11(2)28-16-6-4-12(8-14(16)21)9-15-18(24)23(20(26)22-15)10-13-5-7-17(29-13)19(25)27-3/h4-9,11H,10H2,1-3H3,(H,22,26). The first kappa shape index (κ1) is 20.7. The van der Waals surface area contributed by atoms with Gasteiger partial charge >= 0.3 is 12.0 Å². The van der Waals surface area contributed by atoms with E-state index in [2.05, 4.69) is 26.0 Å². The number of imide groups is 1. The summed E-state index contributed by atoms with van der Waals surface area (Å²) >= 11 is 3.44. The highest BCUT2D eigenvalue weighted by molar-refractivity contribution is 9.10. The summed E-state index contributed by atoms with van der Waals surface area (Å²) in [5.74, 6) is -0.161. The van der Waals surface area contributed by atoms with Crippen LogP contribution in [0.15, 0.2) is 44.9 Å². The number of halogens is 1. The number of hydrogen-bond donors (Lipinski definition) is 1. The average molecular weight is 463 g/mol. The zero-order chi connectivity index (χ0) is 21.1. The van der Waals surface area contributed by atoms with Gasteiger partial charge in [-0.3, -0.25) is 9.69 Å². The first-order valence-corrected chi connectivity index (χ1v) is 9.55. The van der Waals surface area contributed by atoms with E-state index in [4.69, 9.17) is 9.15 Å². The Morgan fingerprint density at radius 3 is 2.69 bits per heavy atom. The van der Waals surface area contributed by atoms with Crippen molar-refractivity contribution in [2.75, 3.05) is 7.11 Å². The summed E-state index contributed by atoms with van der Waals surface area (Å²) in [6.07, 6.45) is 1.60. The van der Waals surface area contributed by atoms with Crippen molar-refractivity contribution in [3.05, 3.63) is 57.6 Å². The average Bonchev–Trinajstić information content (AvgIpc) is 3.24. The number of methoxy groups -OCH3 is 1. The Morgan fingerprint density at radius 2 is 2.03 bits per heavy atom. The second-order valence-corrected chi connectivity index (χ2v) is 7.35. The van der Waals surface area contributed by atoms with Crippen LogP contribution >= 0.6 is 15.9 Å². The number of nitrogens with one attached hydrogen (secondary N) is 1. The minimum absolute atomic E-state index is 0.00104. The van der Waals surface area contributed by atoms with Crippen LogP contribution in [0.1, 0.15) is 35.7 Å². The molecule has 3 rings (SSSR count). The number of urea groups is 1. The van der Waals surface area contributed by atoms with Crippen molar-refractivity contribution in [1.82, 2.24) is 10.2 Å². The first-order valence-electron chi connectivity index (χ1n) is 8.76. The summed E-state index contributed by atoms with van der Waals surface area (Å²) in [4.78, 5) is 37.3. The molecule has 1 saturated heterocycles. The predicted octanol–water partition coefficient (Wildman–Crippen LogP) is 3.71. The summed E-state index contributed by atoms with van der Waals surface area (Å²) in [5, 5.41) is 2.55. The summed E-state index contributed by atoms with van der Waals surface area (Å²) in [7, 11) is 1.24. The molecule has 0 saturated carbocycles. The van der Waals surface area contributed by atoms with Crippen molar-refractivity contribution in [1.29, 1.82) is 0 Å². The van der Waals surface area contributed by atoms with E-state index < -0.39 is 17.9 Å². The van der Waals surface area contributed by atoms with Gasteiger partial charge < -0.3 is 19.2 Å². The van der Waals surface area contributed by atoms with Gasteiger partial charge in [0.25, 0.3) is 5.91 Å². The lowest BCUT2D eigenvalue weighted by Crippen LogP contribution is -2.30. The fourth-order valence-electron chi connectivity index (χ4n) is 2.67. The maximum Gasteiger partial charge on any atom is 0.373 e. The van der Waals surface area contributed by atoms with E-state index >= 15 is 0 Å². The fraction of sp³-hybridized carbons (Fsp3) is 0.250. The molecule has 0 radical (unpaired) electrons. The second-order valence-electron chi connectivity index (χ2n) is 6.49. The van der Waals surface area contributed by atoms with Gasteiger partial charge in [-0.1, -0.05) is 6.07 Å². The molecule has 1 aromatic heterocycles. The van der Waals surface area contributed by atoms with Gasteiger partial charge in [0.2, 0.25) is 5.76 Å². The van der Waals surface area contributed by atoms with E-state index in [0.717, 1.165) is 9.37 Å². The lowest BCUT2D eigenvalue weighted by Gasteiger charge is -2.11. The molecule has 0 unspecified atom stereocenters. The number of furan rings is 1. The molecule has 1 N–H and O–H groups in total. The second kappa shape index (κ2) is 8.52. The van der Waals surface area contributed by atoms with Crippen LogP contribution < -0.4 is 10.1 Å². The molecule has 0 aliphatic carbocycles. The summed E-state index contributed by atoms with van der Waals surface area (Å²) < 4.78 is 16.3. The van der Waals surface area contributed by atoms with Crippen LogP contribution in [0.3, 0.4) is 0 Å². The van der Waals surface area contributed by atoms with Gasteiger partial charge in [0.15, 0.2) is 0 Å². The van der Waals surface area contributed by atoms with E-state index in [1.54, 1.807) is 24.3 Å². The van der Waals surface area contributed by atoms with Crippen molar-refractivity contribution in [2.45, 2.75) is 26.5 Å². The molecule has 1 aliphatic rings. The number of rotatable bonds is 6. The maximum absolute atomic E-state index is 12.6. The van der Waals surface area contributed by atoms with Gasteiger partial charge in [0.05, 0.1) is 24.2 Å². The number of esters is 1. The van der Waals surface area contributed by atoms with Gasteiger partial charge in [-0.15, -0.1) is 0 Å². The van der Waals surface area contributed by atoms with E-state index in [1.165, 1.54) is 19.2 Å². The van der Waals surface area contributed by atoms with Crippen LogP contribution in [0.2, 0.25) is 0 Å². The highest BCUT2D eigenvalue weighted by Crippen LogP contribution is 2.28. The number of nitrogens with zero attached hydrogens (tertiary/aromatic N) is 1. The zero-order valence-electron chi connectivity index (χ0n) is 16.0. The number of ether oxygens (including phenoxy) is 2. The smallest absolute Gasteiger partial charge is 0.373 e.